The molecule has 3 atom stereocenters. The number of phenols is 2. The molecule has 1 aliphatic carbocycles. The molecule has 1 heterocycles. The summed E-state index contributed by atoms with van der Waals surface area (Å²) in [6.45, 7) is 9.77. The number of likely N-dealkylation sites (tertiary alicyclic amines) is 1. The van der Waals surface area contributed by atoms with E-state index in [-0.39, 0.29) is 28.7 Å². The molecule has 24 heavy (non-hydrogen) atoms. The fraction of sp³-hybridized carbons (Fsp3) is 0.650. The highest BCUT2D eigenvalue weighted by atomic mass is 16.3. The zero-order valence-corrected chi connectivity index (χ0v) is 15.2. The Balaban J connectivity index is 1.71. The van der Waals surface area contributed by atoms with Gasteiger partial charge in [-0.1, -0.05) is 33.8 Å². The minimum Gasteiger partial charge on any atom is -0.504 e. The van der Waals surface area contributed by atoms with Gasteiger partial charge in [-0.3, -0.25) is 4.79 Å². The van der Waals surface area contributed by atoms with Crippen LogP contribution < -0.4 is 0 Å². The van der Waals surface area contributed by atoms with Crippen LogP contribution in [0.5, 0.6) is 11.5 Å². The highest BCUT2D eigenvalue weighted by Gasteiger charge is 2.51. The van der Waals surface area contributed by atoms with E-state index in [2.05, 4.69) is 25.7 Å². The first-order valence-corrected chi connectivity index (χ1v) is 8.90. The zero-order chi connectivity index (χ0) is 17.7. The highest BCUT2D eigenvalue weighted by Crippen LogP contribution is 2.52. The summed E-state index contributed by atoms with van der Waals surface area (Å²) >= 11 is 0. The van der Waals surface area contributed by atoms with Gasteiger partial charge in [0.1, 0.15) is 0 Å². The van der Waals surface area contributed by atoms with E-state index >= 15 is 0 Å². The Labute approximate surface area is 144 Å². The van der Waals surface area contributed by atoms with Crippen molar-refractivity contribution in [3.8, 4) is 11.5 Å². The maximum atomic E-state index is 13.0. The van der Waals surface area contributed by atoms with Crippen LogP contribution in [-0.2, 0) is 11.2 Å². The van der Waals surface area contributed by atoms with Crippen LogP contribution in [0.15, 0.2) is 18.2 Å². The lowest BCUT2D eigenvalue weighted by Gasteiger charge is -2.39. The van der Waals surface area contributed by atoms with Gasteiger partial charge in [-0.2, -0.15) is 0 Å². The summed E-state index contributed by atoms with van der Waals surface area (Å²) in [5, 5.41) is 19.0. The molecule has 0 radical (unpaired) electrons. The lowest BCUT2D eigenvalue weighted by molar-refractivity contribution is -0.136. The molecule has 4 heteroatoms. The van der Waals surface area contributed by atoms with E-state index in [0.29, 0.717) is 17.9 Å². The topological polar surface area (TPSA) is 60.8 Å². The van der Waals surface area contributed by atoms with Gasteiger partial charge in [-0.25, -0.2) is 0 Å². The number of phenolic OH excluding ortho intramolecular Hbond substituents is 2. The van der Waals surface area contributed by atoms with Crippen molar-refractivity contribution in [2.45, 2.75) is 59.4 Å². The molecule has 1 saturated heterocycles. The lowest BCUT2D eigenvalue weighted by atomic mass is 9.65. The molecule has 1 aromatic carbocycles. The second kappa shape index (κ2) is 5.68. The molecule has 1 aromatic rings. The van der Waals surface area contributed by atoms with Gasteiger partial charge in [0.25, 0.3) is 0 Å². The SMILES string of the molecule is CC(Cc1ccc(O)c(O)c1)C(=O)N1CC2(C)CC1CC(C)(C)C2. The van der Waals surface area contributed by atoms with Crippen LogP contribution in [0.4, 0.5) is 0 Å². The van der Waals surface area contributed by atoms with Crippen LogP contribution >= 0.6 is 0 Å². The molecular formula is C20H29NO3. The molecule has 4 nitrogen and oxygen atoms in total. The number of benzene rings is 1. The van der Waals surface area contributed by atoms with Crippen molar-refractivity contribution >= 4 is 5.91 Å². The van der Waals surface area contributed by atoms with Crippen LogP contribution in [0.3, 0.4) is 0 Å². The van der Waals surface area contributed by atoms with Crippen LogP contribution in [0, 0.1) is 16.7 Å². The van der Waals surface area contributed by atoms with Crippen molar-refractivity contribution in [3.63, 3.8) is 0 Å². The van der Waals surface area contributed by atoms with E-state index in [9.17, 15) is 15.0 Å². The van der Waals surface area contributed by atoms with E-state index in [0.717, 1.165) is 24.9 Å². The minimum absolute atomic E-state index is 0.124. The van der Waals surface area contributed by atoms with Gasteiger partial charge in [-0.15, -0.1) is 0 Å². The number of nitrogens with zero attached hydrogens (tertiary/aromatic N) is 1. The lowest BCUT2D eigenvalue weighted by Crippen LogP contribution is -2.40. The van der Waals surface area contributed by atoms with Crippen molar-refractivity contribution in [1.82, 2.24) is 4.90 Å². The van der Waals surface area contributed by atoms with Gasteiger partial charge in [-0.05, 0) is 54.2 Å². The molecule has 1 saturated carbocycles. The van der Waals surface area contributed by atoms with Gasteiger partial charge in [0.2, 0.25) is 5.91 Å². The maximum absolute atomic E-state index is 13.0. The largest absolute Gasteiger partial charge is 0.504 e. The third-order valence-corrected chi connectivity index (χ3v) is 5.70. The number of aromatic hydroxyl groups is 2. The highest BCUT2D eigenvalue weighted by molar-refractivity contribution is 5.79. The van der Waals surface area contributed by atoms with E-state index in [1.54, 1.807) is 12.1 Å². The van der Waals surface area contributed by atoms with Crippen molar-refractivity contribution in [2.75, 3.05) is 6.54 Å². The first-order chi connectivity index (χ1) is 11.1. The summed E-state index contributed by atoms with van der Waals surface area (Å²) in [4.78, 5) is 15.1. The average Bonchev–Trinajstić information content (AvgIpc) is 2.71. The number of fused-ring (bicyclic) bond motifs is 2. The zero-order valence-electron chi connectivity index (χ0n) is 15.2. The van der Waals surface area contributed by atoms with Crippen LogP contribution in [0.25, 0.3) is 0 Å². The second-order valence-electron chi connectivity index (χ2n) is 9.11. The third kappa shape index (κ3) is 3.24. The van der Waals surface area contributed by atoms with Crippen molar-refractivity contribution in [2.24, 2.45) is 16.7 Å². The van der Waals surface area contributed by atoms with E-state index in [1.807, 2.05) is 6.92 Å². The number of rotatable bonds is 3. The molecule has 2 aliphatic rings. The maximum Gasteiger partial charge on any atom is 0.226 e. The smallest absolute Gasteiger partial charge is 0.226 e. The summed E-state index contributed by atoms with van der Waals surface area (Å²) in [7, 11) is 0. The number of amides is 1. The number of carbonyl (C=O) groups excluding carboxylic acids is 1. The van der Waals surface area contributed by atoms with Crippen molar-refractivity contribution < 1.29 is 15.0 Å². The summed E-state index contributed by atoms with van der Waals surface area (Å²) in [6, 6.07) is 5.16. The van der Waals surface area contributed by atoms with Gasteiger partial charge >= 0.3 is 0 Å². The van der Waals surface area contributed by atoms with Gasteiger partial charge < -0.3 is 15.1 Å². The summed E-state index contributed by atoms with van der Waals surface area (Å²) < 4.78 is 0. The third-order valence-electron chi connectivity index (χ3n) is 5.70. The molecule has 1 amide bonds. The molecule has 0 spiro atoms. The molecule has 0 aromatic heterocycles. The van der Waals surface area contributed by atoms with Crippen molar-refractivity contribution in [3.05, 3.63) is 23.8 Å². The predicted molar refractivity (Wildman–Crippen MR) is 93.9 cm³/mol. The van der Waals surface area contributed by atoms with Crippen LogP contribution in [-0.4, -0.2) is 33.6 Å². The molecule has 132 valence electrons. The quantitative estimate of drug-likeness (QED) is 0.830. The summed E-state index contributed by atoms with van der Waals surface area (Å²) in [5.41, 5.74) is 1.43. The molecule has 2 fully saturated rings. The number of carbonyl (C=O) groups is 1. The Morgan fingerprint density at radius 2 is 1.96 bits per heavy atom. The molecule has 3 unspecified atom stereocenters. The van der Waals surface area contributed by atoms with Gasteiger partial charge in [0, 0.05) is 18.5 Å². The molecular weight excluding hydrogens is 302 g/mol. The second-order valence-corrected chi connectivity index (χ2v) is 9.11. The number of hydrogen-bond acceptors (Lipinski definition) is 3. The van der Waals surface area contributed by atoms with Crippen LogP contribution in [0.2, 0.25) is 0 Å². The molecule has 2 bridgehead atoms. The van der Waals surface area contributed by atoms with Gasteiger partial charge in [0.05, 0.1) is 0 Å². The first kappa shape index (κ1) is 17.1. The Hall–Kier alpha value is -1.71. The fourth-order valence-electron chi connectivity index (χ4n) is 5.14. The first-order valence-electron chi connectivity index (χ1n) is 8.90. The molecule has 2 N–H and O–H groups in total. The molecule has 1 aliphatic heterocycles. The van der Waals surface area contributed by atoms with E-state index in [4.69, 9.17) is 0 Å². The minimum atomic E-state index is -0.126. The normalized spacial score (nSPS) is 29.5. The average molecular weight is 331 g/mol. The monoisotopic (exact) mass is 331 g/mol. The van der Waals surface area contributed by atoms with E-state index in [1.165, 1.54) is 12.5 Å². The van der Waals surface area contributed by atoms with E-state index < -0.39 is 0 Å². The van der Waals surface area contributed by atoms with Crippen molar-refractivity contribution in [1.29, 1.82) is 0 Å². The fourth-order valence-corrected chi connectivity index (χ4v) is 5.14. The Morgan fingerprint density at radius 1 is 1.25 bits per heavy atom. The Bertz CT molecular complexity index is 654. The standard InChI is InChI=1S/C20H29NO3/c1-13(7-14-5-6-16(22)17(23)8-14)18(24)21-12-20(4)10-15(21)9-19(2,3)11-20/h5-6,8,13,15,22-23H,7,9-12H2,1-4H3. The summed E-state index contributed by atoms with van der Waals surface area (Å²) in [5.74, 6) is -0.159. The summed E-state index contributed by atoms with van der Waals surface area (Å²) in [6.07, 6.45) is 3.96. The van der Waals surface area contributed by atoms with Crippen LogP contribution in [0.1, 0.15) is 52.5 Å². The predicted octanol–water partition coefficient (Wildman–Crippen LogP) is 3.70. The Morgan fingerprint density at radius 3 is 2.62 bits per heavy atom. The number of hydrogen-bond donors (Lipinski definition) is 2. The molecule has 3 rings (SSSR count). The van der Waals surface area contributed by atoms with Gasteiger partial charge in [0.15, 0.2) is 11.5 Å². The Kier molecular flexibility index (Phi) is 4.05.